The highest BCUT2D eigenvalue weighted by Crippen LogP contribution is 2.23. The van der Waals surface area contributed by atoms with Crippen LogP contribution in [0.5, 0.6) is 5.75 Å². The summed E-state index contributed by atoms with van der Waals surface area (Å²) in [6.07, 6.45) is 1.13. The summed E-state index contributed by atoms with van der Waals surface area (Å²) >= 11 is 0. The standard InChI is InChI=1S/C17H17NO6/c1-10-7-16(20)24-14-8-11(4-5-12(10)14)23-9-15(19)18-6-2-3-13(18)17(21)22/h4-5,7-8,13H,2-3,6,9H2,1H3,(H,21,22)/t13-/m1/s1. The van der Waals surface area contributed by atoms with Gasteiger partial charge in [0.1, 0.15) is 17.4 Å². The van der Waals surface area contributed by atoms with Crippen LogP contribution in [-0.4, -0.2) is 41.1 Å². The first-order chi connectivity index (χ1) is 11.5. The van der Waals surface area contributed by atoms with Crippen LogP contribution in [0.25, 0.3) is 11.0 Å². The molecule has 0 bridgehead atoms. The van der Waals surface area contributed by atoms with Gasteiger partial charge in [-0.2, -0.15) is 0 Å². The van der Waals surface area contributed by atoms with Crippen molar-refractivity contribution in [2.45, 2.75) is 25.8 Å². The third-order valence-electron chi connectivity index (χ3n) is 4.14. The maximum atomic E-state index is 12.2. The second kappa shape index (κ2) is 6.35. The first-order valence-corrected chi connectivity index (χ1v) is 7.65. The summed E-state index contributed by atoms with van der Waals surface area (Å²) in [4.78, 5) is 36.1. The van der Waals surface area contributed by atoms with E-state index in [0.29, 0.717) is 30.7 Å². The molecule has 2 aromatic rings. The third kappa shape index (κ3) is 3.10. The largest absolute Gasteiger partial charge is 0.484 e. The molecule has 1 fully saturated rings. The summed E-state index contributed by atoms with van der Waals surface area (Å²) < 4.78 is 10.6. The van der Waals surface area contributed by atoms with Gasteiger partial charge in [-0.15, -0.1) is 0 Å². The van der Waals surface area contributed by atoms with Gasteiger partial charge in [0.05, 0.1) is 0 Å². The number of rotatable bonds is 4. The number of fused-ring (bicyclic) bond motifs is 1. The average Bonchev–Trinajstić information content (AvgIpc) is 3.02. The number of aliphatic carboxylic acids is 1. The molecule has 1 aliphatic rings. The van der Waals surface area contributed by atoms with Crippen molar-refractivity contribution >= 4 is 22.8 Å². The Balaban J connectivity index is 1.72. The molecule has 1 saturated heterocycles. The first-order valence-electron chi connectivity index (χ1n) is 7.65. The van der Waals surface area contributed by atoms with E-state index in [1.807, 2.05) is 6.92 Å². The van der Waals surface area contributed by atoms with Gasteiger partial charge in [0.25, 0.3) is 5.91 Å². The van der Waals surface area contributed by atoms with Gasteiger partial charge in [0.15, 0.2) is 6.61 Å². The third-order valence-corrected chi connectivity index (χ3v) is 4.14. The lowest BCUT2D eigenvalue weighted by Crippen LogP contribution is -2.42. The fourth-order valence-corrected chi connectivity index (χ4v) is 2.94. The zero-order valence-corrected chi connectivity index (χ0v) is 13.2. The Bertz CT molecular complexity index is 856. The quantitative estimate of drug-likeness (QED) is 0.854. The highest BCUT2D eigenvalue weighted by Gasteiger charge is 2.33. The second-order valence-corrected chi connectivity index (χ2v) is 5.78. The van der Waals surface area contributed by atoms with Gasteiger partial charge in [-0.1, -0.05) is 0 Å². The van der Waals surface area contributed by atoms with Gasteiger partial charge >= 0.3 is 11.6 Å². The molecular weight excluding hydrogens is 314 g/mol. The number of likely N-dealkylation sites (tertiary alicyclic amines) is 1. The SMILES string of the molecule is Cc1cc(=O)oc2cc(OCC(=O)N3CCC[C@@H]3C(=O)O)ccc12. The molecule has 1 aromatic carbocycles. The Morgan fingerprint density at radius 2 is 2.17 bits per heavy atom. The van der Waals surface area contributed by atoms with Crippen molar-refractivity contribution in [3.63, 3.8) is 0 Å². The lowest BCUT2D eigenvalue weighted by atomic mass is 10.1. The van der Waals surface area contributed by atoms with E-state index in [-0.39, 0.29) is 12.5 Å². The summed E-state index contributed by atoms with van der Waals surface area (Å²) in [6.45, 7) is 1.97. The van der Waals surface area contributed by atoms with Crippen LogP contribution in [0.3, 0.4) is 0 Å². The molecule has 3 rings (SSSR count). The molecule has 0 aliphatic carbocycles. The van der Waals surface area contributed by atoms with Gasteiger partial charge in [-0.05, 0) is 37.5 Å². The fourth-order valence-electron chi connectivity index (χ4n) is 2.94. The molecule has 0 radical (unpaired) electrons. The molecule has 7 nitrogen and oxygen atoms in total. The van der Waals surface area contributed by atoms with Crippen LogP contribution in [0.1, 0.15) is 18.4 Å². The molecule has 7 heteroatoms. The molecule has 0 spiro atoms. The van der Waals surface area contributed by atoms with Crippen LogP contribution >= 0.6 is 0 Å². The highest BCUT2D eigenvalue weighted by molar-refractivity contribution is 5.85. The number of amides is 1. The first kappa shape index (κ1) is 16.0. The molecule has 0 saturated carbocycles. The van der Waals surface area contributed by atoms with E-state index >= 15 is 0 Å². The maximum absolute atomic E-state index is 12.2. The Morgan fingerprint density at radius 1 is 1.38 bits per heavy atom. The van der Waals surface area contributed by atoms with E-state index in [2.05, 4.69) is 0 Å². The molecule has 1 aliphatic heterocycles. The normalized spacial score (nSPS) is 17.2. The highest BCUT2D eigenvalue weighted by atomic mass is 16.5. The monoisotopic (exact) mass is 331 g/mol. The van der Waals surface area contributed by atoms with Crippen LogP contribution in [0.2, 0.25) is 0 Å². The van der Waals surface area contributed by atoms with Crippen LogP contribution in [0.15, 0.2) is 33.5 Å². The average molecular weight is 331 g/mol. The predicted molar refractivity (Wildman–Crippen MR) is 85.1 cm³/mol. The zero-order chi connectivity index (χ0) is 17.3. The Labute approximate surface area is 137 Å². The number of nitrogens with zero attached hydrogens (tertiary/aromatic N) is 1. The van der Waals surface area contributed by atoms with Crippen LogP contribution in [0, 0.1) is 6.92 Å². The van der Waals surface area contributed by atoms with E-state index in [4.69, 9.17) is 14.3 Å². The number of carbonyl (C=O) groups is 2. The summed E-state index contributed by atoms with van der Waals surface area (Å²) in [5.41, 5.74) is 0.731. The second-order valence-electron chi connectivity index (χ2n) is 5.78. The molecule has 0 unspecified atom stereocenters. The zero-order valence-electron chi connectivity index (χ0n) is 13.2. The van der Waals surface area contributed by atoms with E-state index < -0.39 is 17.6 Å². The van der Waals surface area contributed by atoms with Crippen molar-refractivity contribution in [3.05, 3.63) is 40.2 Å². The number of carboxylic acids is 1. The molecule has 2 heterocycles. The minimum Gasteiger partial charge on any atom is -0.484 e. The minimum absolute atomic E-state index is 0.259. The number of carboxylic acid groups (broad SMARTS) is 1. The van der Waals surface area contributed by atoms with Crippen molar-refractivity contribution < 1.29 is 23.8 Å². The van der Waals surface area contributed by atoms with Crippen molar-refractivity contribution in [2.24, 2.45) is 0 Å². The van der Waals surface area contributed by atoms with Gasteiger partial charge in [0.2, 0.25) is 0 Å². The van der Waals surface area contributed by atoms with Gasteiger partial charge in [-0.25, -0.2) is 9.59 Å². The Kier molecular flexibility index (Phi) is 4.24. The summed E-state index contributed by atoms with van der Waals surface area (Å²) in [6, 6.07) is 5.62. The number of ether oxygens (including phenoxy) is 1. The van der Waals surface area contributed by atoms with Crippen molar-refractivity contribution in [1.29, 1.82) is 0 Å². The van der Waals surface area contributed by atoms with Crippen LogP contribution in [0.4, 0.5) is 0 Å². The maximum Gasteiger partial charge on any atom is 0.336 e. The smallest absolute Gasteiger partial charge is 0.336 e. The molecule has 1 N–H and O–H groups in total. The van der Waals surface area contributed by atoms with Crippen molar-refractivity contribution in [2.75, 3.05) is 13.2 Å². The minimum atomic E-state index is -0.996. The van der Waals surface area contributed by atoms with Crippen LogP contribution in [-0.2, 0) is 9.59 Å². The number of benzene rings is 1. The molecule has 1 amide bonds. The van der Waals surface area contributed by atoms with Gasteiger partial charge in [0, 0.05) is 24.1 Å². The lowest BCUT2D eigenvalue weighted by molar-refractivity contribution is -0.148. The van der Waals surface area contributed by atoms with Gasteiger partial charge < -0.3 is 19.2 Å². The predicted octanol–water partition coefficient (Wildman–Crippen LogP) is 1.56. The number of hydrogen-bond acceptors (Lipinski definition) is 5. The van der Waals surface area contributed by atoms with Gasteiger partial charge in [-0.3, -0.25) is 4.79 Å². The number of hydrogen-bond donors (Lipinski definition) is 1. The van der Waals surface area contributed by atoms with E-state index in [1.54, 1.807) is 18.2 Å². The van der Waals surface area contributed by atoms with Crippen molar-refractivity contribution in [3.8, 4) is 5.75 Å². The fraction of sp³-hybridized carbons (Fsp3) is 0.353. The summed E-state index contributed by atoms with van der Waals surface area (Å²) in [7, 11) is 0. The summed E-state index contributed by atoms with van der Waals surface area (Å²) in [5, 5.41) is 9.90. The number of aryl methyl sites for hydroxylation is 1. The molecule has 126 valence electrons. The molecule has 24 heavy (non-hydrogen) atoms. The van der Waals surface area contributed by atoms with E-state index in [9.17, 15) is 14.4 Å². The summed E-state index contributed by atoms with van der Waals surface area (Å²) in [5.74, 6) is -0.981. The van der Waals surface area contributed by atoms with E-state index in [0.717, 1.165) is 10.9 Å². The molecular formula is C17H17NO6. The Morgan fingerprint density at radius 3 is 2.92 bits per heavy atom. The number of carbonyl (C=O) groups excluding carboxylic acids is 1. The van der Waals surface area contributed by atoms with Crippen molar-refractivity contribution in [1.82, 2.24) is 4.90 Å². The molecule has 1 atom stereocenters. The Hall–Kier alpha value is -2.83. The van der Waals surface area contributed by atoms with Crippen LogP contribution < -0.4 is 10.4 Å². The lowest BCUT2D eigenvalue weighted by Gasteiger charge is -2.21. The topological polar surface area (TPSA) is 97.0 Å². The van der Waals surface area contributed by atoms with E-state index in [1.165, 1.54) is 11.0 Å². The molecule has 1 aromatic heterocycles.